The zero-order chi connectivity index (χ0) is 26.0. The highest BCUT2D eigenvalue weighted by Crippen LogP contribution is 2.25. The Morgan fingerprint density at radius 3 is 2.51 bits per heavy atom. The first-order chi connectivity index (χ1) is 18.0. The molecule has 4 aromatic rings. The van der Waals surface area contributed by atoms with E-state index in [2.05, 4.69) is 39.7 Å². The number of thioether (sulfide) groups is 1. The van der Waals surface area contributed by atoms with Gasteiger partial charge in [0.15, 0.2) is 5.82 Å². The molecule has 0 spiro atoms. The fourth-order valence-electron chi connectivity index (χ4n) is 3.53. The zero-order valence-corrected chi connectivity index (χ0v) is 21.7. The van der Waals surface area contributed by atoms with E-state index in [0.29, 0.717) is 29.8 Å². The summed E-state index contributed by atoms with van der Waals surface area (Å²) in [6.45, 7) is 3.18. The van der Waals surface area contributed by atoms with E-state index in [-0.39, 0.29) is 12.4 Å². The van der Waals surface area contributed by atoms with Crippen LogP contribution in [0.25, 0.3) is 11.5 Å². The maximum Gasteiger partial charge on any atom is 0.257 e. The average Bonchev–Trinajstić information content (AvgIpc) is 3.40. The largest absolute Gasteiger partial charge is 0.508 e. The quantitative estimate of drug-likeness (QED) is 0.171. The fraction of sp³-hybridized carbons (Fsp3) is 0.286. The summed E-state index contributed by atoms with van der Waals surface area (Å²) in [5.74, 6) is 3.39. The van der Waals surface area contributed by atoms with Gasteiger partial charge in [-0.15, -0.1) is 11.8 Å². The van der Waals surface area contributed by atoms with Crippen LogP contribution in [0.2, 0.25) is 0 Å². The Hall–Kier alpha value is -3.53. The number of nitrogens with zero attached hydrogens (tertiary/aromatic N) is 2. The molecule has 0 amide bonds. The third kappa shape index (κ3) is 7.98. The Kier molecular flexibility index (Phi) is 9.42. The summed E-state index contributed by atoms with van der Waals surface area (Å²) in [7, 11) is 1.63. The number of aliphatic hydroxyl groups excluding tert-OH is 1. The van der Waals surface area contributed by atoms with Crippen LogP contribution in [0.15, 0.2) is 76.1 Å². The van der Waals surface area contributed by atoms with E-state index < -0.39 is 6.10 Å². The lowest BCUT2D eigenvalue weighted by molar-refractivity contribution is 0.106. The lowest BCUT2D eigenvalue weighted by atomic mass is 10.1. The lowest BCUT2D eigenvalue weighted by Crippen LogP contribution is -2.32. The molecule has 9 heteroatoms. The predicted octanol–water partition coefficient (Wildman–Crippen LogP) is 4.62. The van der Waals surface area contributed by atoms with Crippen molar-refractivity contribution in [2.75, 3.05) is 26.8 Å². The normalized spacial score (nSPS) is 11.9. The highest BCUT2D eigenvalue weighted by molar-refractivity contribution is 7.98. The summed E-state index contributed by atoms with van der Waals surface area (Å²) in [5, 5.41) is 27.1. The number of aryl methyl sites for hydroxylation is 1. The number of benzene rings is 3. The average molecular weight is 522 g/mol. The second kappa shape index (κ2) is 13.1. The van der Waals surface area contributed by atoms with Crippen molar-refractivity contribution in [3.8, 4) is 28.7 Å². The Morgan fingerprint density at radius 2 is 1.78 bits per heavy atom. The molecule has 1 atom stereocenters. The third-order valence-corrected chi connectivity index (χ3v) is 6.69. The first-order valence-electron chi connectivity index (χ1n) is 12.0. The molecule has 0 aliphatic rings. The van der Waals surface area contributed by atoms with E-state index in [1.807, 2.05) is 24.3 Å². The smallest absolute Gasteiger partial charge is 0.257 e. The molecule has 8 nitrogen and oxygen atoms in total. The van der Waals surface area contributed by atoms with E-state index in [0.717, 1.165) is 34.7 Å². The molecule has 0 radical (unpaired) electrons. The van der Waals surface area contributed by atoms with Gasteiger partial charge in [0.1, 0.15) is 30.0 Å². The number of aromatic nitrogens is 2. The number of aliphatic hydroxyl groups is 1. The summed E-state index contributed by atoms with van der Waals surface area (Å²) in [5.41, 5.74) is 2.81. The van der Waals surface area contributed by atoms with Crippen LogP contribution in [0.1, 0.15) is 17.0 Å². The van der Waals surface area contributed by atoms with E-state index in [9.17, 15) is 10.2 Å². The van der Waals surface area contributed by atoms with Gasteiger partial charge >= 0.3 is 0 Å². The molecule has 0 aliphatic heterocycles. The molecule has 194 valence electrons. The van der Waals surface area contributed by atoms with Gasteiger partial charge < -0.3 is 29.5 Å². The van der Waals surface area contributed by atoms with Crippen LogP contribution in [0, 0.1) is 6.92 Å². The summed E-state index contributed by atoms with van der Waals surface area (Å²) >= 11 is 1.65. The second-order valence-electron chi connectivity index (χ2n) is 8.54. The number of hydrogen-bond acceptors (Lipinski definition) is 9. The topological polar surface area (TPSA) is 110 Å². The van der Waals surface area contributed by atoms with Crippen molar-refractivity contribution in [2.45, 2.75) is 30.1 Å². The summed E-state index contributed by atoms with van der Waals surface area (Å²) in [6, 6.07) is 20.9. The zero-order valence-electron chi connectivity index (χ0n) is 20.9. The van der Waals surface area contributed by atoms with E-state index >= 15 is 0 Å². The van der Waals surface area contributed by atoms with Gasteiger partial charge in [-0.2, -0.15) is 4.98 Å². The number of phenolic OH excluding ortho intramolecular Hbond substituents is 1. The van der Waals surface area contributed by atoms with Gasteiger partial charge in [-0.05, 0) is 85.6 Å². The van der Waals surface area contributed by atoms with Crippen LogP contribution < -0.4 is 14.8 Å². The number of methoxy groups -OCH3 is 1. The molecule has 0 bridgehead atoms. The minimum Gasteiger partial charge on any atom is -0.508 e. The van der Waals surface area contributed by atoms with Crippen LogP contribution in [-0.4, -0.2) is 53.3 Å². The molecule has 4 rings (SSSR count). The molecule has 3 aromatic carbocycles. The Morgan fingerprint density at radius 1 is 1.03 bits per heavy atom. The highest BCUT2D eigenvalue weighted by Gasteiger charge is 2.10. The van der Waals surface area contributed by atoms with E-state index in [4.69, 9.17) is 14.0 Å². The molecular formula is C28H31N3O5S. The van der Waals surface area contributed by atoms with Gasteiger partial charge in [0.05, 0.1) is 12.9 Å². The van der Waals surface area contributed by atoms with Gasteiger partial charge in [0.2, 0.25) is 0 Å². The number of phenols is 1. The second-order valence-corrected chi connectivity index (χ2v) is 9.59. The van der Waals surface area contributed by atoms with Crippen LogP contribution in [0.3, 0.4) is 0 Å². The van der Waals surface area contributed by atoms with E-state index in [1.165, 1.54) is 5.56 Å². The van der Waals surface area contributed by atoms with Crippen molar-refractivity contribution < 1.29 is 24.2 Å². The van der Waals surface area contributed by atoms with Crippen LogP contribution in [-0.2, 0) is 12.2 Å². The summed E-state index contributed by atoms with van der Waals surface area (Å²) in [4.78, 5) is 5.61. The van der Waals surface area contributed by atoms with Gasteiger partial charge in [0.25, 0.3) is 5.89 Å². The SMILES string of the molecule is COc1ccc(-c2nc(CSc3ccc(CCNC[C@@H](O)COc4ccc(O)c(C)c4)cc3)no2)cc1. The molecule has 0 saturated heterocycles. The minimum absolute atomic E-state index is 0.186. The first kappa shape index (κ1) is 26.5. The highest BCUT2D eigenvalue weighted by atomic mass is 32.2. The number of nitrogens with one attached hydrogen (secondary N) is 1. The van der Waals surface area contributed by atoms with Crippen LogP contribution in [0.4, 0.5) is 0 Å². The Balaban J connectivity index is 1.14. The number of rotatable bonds is 13. The summed E-state index contributed by atoms with van der Waals surface area (Å²) < 4.78 is 16.2. The molecule has 1 heterocycles. The monoisotopic (exact) mass is 521 g/mol. The van der Waals surface area contributed by atoms with Gasteiger partial charge in [-0.1, -0.05) is 17.3 Å². The van der Waals surface area contributed by atoms with Crippen LogP contribution >= 0.6 is 11.8 Å². The van der Waals surface area contributed by atoms with Crippen molar-refractivity contribution in [3.63, 3.8) is 0 Å². The molecule has 1 aromatic heterocycles. The third-order valence-electron chi connectivity index (χ3n) is 5.68. The molecular weight excluding hydrogens is 490 g/mol. The van der Waals surface area contributed by atoms with E-state index in [1.54, 1.807) is 44.0 Å². The maximum absolute atomic E-state index is 10.1. The molecule has 0 saturated carbocycles. The molecule has 37 heavy (non-hydrogen) atoms. The van der Waals surface area contributed by atoms with Gasteiger partial charge in [-0.25, -0.2) is 0 Å². The lowest BCUT2D eigenvalue weighted by Gasteiger charge is -2.14. The molecule has 3 N–H and O–H groups in total. The molecule has 0 unspecified atom stereocenters. The standard InChI is InChI=1S/C28H31N3O5S/c1-19-15-24(9-12-26(19)33)35-17-22(32)16-29-14-13-20-3-10-25(11-4-20)37-18-27-30-28(36-31-27)21-5-7-23(34-2)8-6-21/h3-12,15,22,29,32-33H,13-14,16-18H2,1-2H3/t22-/m1/s1. The Labute approximate surface area is 220 Å². The number of aromatic hydroxyl groups is 1. The molecule has 0 aliphatic carbocycles. The Bertz CT molecular complexity index is 1260. The number of ether oxygens (including phenoxy) is 2. The van der Waals surface area contributed by atoms with Crippen molar-refractivity contribution >= 4 is 11.8 Å². The minimum atomic E-state index is -0.622. The van der Waals surface area contributed by atoms with Crippen molar-refractivity contribution in [1.82, 2.24) is 15.5 Å². The first-order valence-corrected chi connectivity index (χ1v) is 13.0. The maximum atomic E-state index is 10.1. The molecule has 0 fully saturated rings. The fourth-order valence-corrected chi connectivity index (χ4v) is 4.28. The van der Waals surface area contributed by atoms with Crippen molar-refractivity contribution in [3.05, 3.63) is 83.7 Å². The number of hydrogen-bond donors (Lipinski definition) is 3. The predicted molar refractivity (Wildman–Crippen MR) is 143 cm³/mol. The summed E-state index contributed by atoms with van der Waals surface area (Å²) in [6.07, 6.45) is 0.231. The van der Waals surface area contributed by atoms with Gasteiger partial charge in [-0.3, -0.25) is 0 Å². The van der Waals surface area contributed by atoms with Crippen molar-refractivity contribution in [2.24, 2.45) is 0 Å². The van der Waals surface area contributed by atoms with Crippen LogP contribution in [0.5, 0.6) is 17.2 Å². The van der Waals surface area contributed by atoms with Crippen molar-refractivity contribution in [1.29, 1.82) is 0 Å². The van der Waals surface area contributed by atoms with Gasteiger partial charge in [0, 0.05) is 17.0 Å².